The van der Waals surface area contributed by atoms with E-state index in [0.29, 0.717) is 36.7 Å². The van der Waals surface area contributed by atoms with E-state index in [2.05, 4.69) is 12.1 Å². The lowest BCUT2D eigenvalue weighted by molar-refractivity contribution is -0.156. The number of aryl methyl sites for hydroxylation is 1. The van der Waals surface area contributed by atoms with Crippen LogP contribution in [0.1, 0.15) is 51.0 Å². The van der Waals surface area contributed by atoms with Gasteiger partial charge in [-0.25, -0.2) is 0 Å². The van der Waals surface area contributed by atoms with Crippen molar-refractivity contribution in [1.29, 1.82) is 0 Å². The molecule has 1 saturated heterocycles. The summed E-state index contributed by atoms with van der Waals surface area (Å²) in [6, 6.07) is 9.34. The summed E-state index contributed by atoms with van der Waals surface area (Å²) in [5.41, 5.74) is 0.0858. The topological polar surface area (TPSA) is 85.4 Å². The Morgan fingerprint density at radius 3 is 2.47 bits per heavy atom. The predicted molar refractivity (Wildman–Crippen MR) is 142 cm³/mol. The molecule has 1 aromatic carbocycles. The standard InChI is InChI=1S/C30H38N2O6/c1-30(19-24(36-2)26(38-4)25(20-30)37-3)27(33)29(35)32-22-14-10-15-23(32)28(34)31(18-16-22)17-9-8-13-21-11-6-5-7-12-21/h5-7,11-12,16,18-19,22-23H,8-10,13-15,17,20H2,1-4H3. The number of ketones is 1. The lowest BCUT2D eigenvalue weighted by atomic mass is 9.77. The molecule has 2 aliphatic heterocycles. The van der Waals surface area contributed by atoms with Gasteiger partial charge in [0.15, 0.2) is 11.5 Å². The van der Waals surface area contributed by atoms with Crippen molar-refractivity contribution in [2.24, 2.45) is 5.41 Å². The van der Waals surface area contributed by atoms with E-state index in [1.54, 1.807) is 17.9 Å². The molecule has 0 N–H and O–H groups in total. The third-order valence-electron chi connectivity index (χ3n) is 7.76. The summed E-state index contributed by atoms with van der Waals surface area (Å²) in [6.45, 7) is 2.28. The van der Waals surface area contributed by atoms with Crippen molar-refractivity contribution in [3.05, 3.63) is 71.5 Å². The fourth-order valence-corrected chi connectivity index (χ4v) is 5.66. The fraction of sp³-hybridized carbons (Fsp3) is 0.500. The highest BCUT2D eigenvalue weighted by Crippen LogP contribution is 2.40. The Hall–Kier alpha value is -3.55. The zero-order valence-corrected chi connectivity index (χ0v) is 22.8. The normalized spacial score (nSPS) is 25.1. The molecule has 3 atom stereocenters. The fourth-order valence-electron chi connectivity index (χ4n) is 5.66. The maximum atomic E-state index is 13.8. The highest BCUT2D eigenvalue weighted by molar-refractivity contribution is 6.39. The number of ether oxygens (including phenoxy) is 3. The first-order valence-electron chi connectivity index (χ1n) is 13.3. The molecule has 2 amide bonds. The molecule has 2 bridgehead atoms. The van der Waals surface area contributed by atoms with Gasteiger partial charge in [0.2, 0.25) is 11.7 Å². The number of carbonyl (C=O) groups is 3. The van der Waals surface area contributed by atoms with E-state index in [-0.39, 0.29) is 18.4 Å². The highest BCUT2D eigenvalue weighted by Gasteiger charge is 2.48. The van der Waals surface area contributed by atoms with Crippen LogP contribution < -0.4 is 0 Å². The third-order valence-corrected chi connectivity index (χ3v) is 7.76. The Morgan fingerprint density at radius 2 is 1.79 bits per heavy atom. The molecule has 4 rings (SSSR count). The smallest absolute Gasteiger partial charge is 0.292 e. The Bertz CT molecular complexity index is 1140. The van der Waals surface area contributed by atoms with Gasteiger partial charge in [-0.1, -0.05) is 30.3 Å². The molecule has 0 radical (unpaired) electrons. The van der Waals surface area contributed by atoms with Crippen molar-refractivity contribution in [3.8, 4) is 0 Å². The number of methoxy groups -OCH3 is 3. The molecule has 2 heterocycles. The number of hydrogen-bond acceptors (Lipinski definition) is 6. The van der Waals surface area contributed by atoms with Crippen molar-refractivity contribution in [3.63, 3.8) is 0 Å². The first-order valence-corrected chi connectivity index (χ1v) is 13.3. The van der Waals surface area contributed by atoms with Crippen LogP contribution in [0.25, 0.3) is 0 Å². The number of unbranched alkanes of at least 4 members (excludes halogenated alkanes) is 1. The van der Waals surface area contributed by atoms with E-state index in [1.807, 2.05) is 30.5 Å². The molecule has 1 aromatic rings. The lowest BCUT2D eigenvalue weighted by Crippen LogP contribution is -2.57. The third kappa shape index (κ3) is 5.49. The molecule has 3 aliphatic rings. The summed E-state index contributed by atoms with van der Waals surface area (Å²) >= 11 is 0. The first-order chi connectivity index (χ1) is 18.3. The van der Waals surface area contributed by atoms with Crippen LogP contribution in [0.2, 0.25) is 0 Å². The van der Waals surface area contributed by atoms with Gasteiger partial charge in [-0.05, 0) is 63.2 Å². The highest BCUT2D eigenvalue weighted by atomic mass is 16.5. The maximum absolute atomic E-state index is 13.8. The van der Waals surface area contributed by atoms with E-state index in [0.717, 1.165) is 25.7 Å². The minimum absolute atomic E-state index is 0.120. The van der Waals surface area contributed by atoms with Crippen molar-refractivity contribution in [2.75, 3.05) is 27.9 Å². The van der Waals surface area contributed by atoms with Crippen LogP contribution in [0.15, 0.2) is 66.0 Å². The number of Topliss-reactive ketones (excluding diaryl/α,β-unsaturated/α-hetero) is 1. The minimum atomic E-state index is -1.19. The van der Waals surface area contributed by atoms with Gasteiger partial charge in [0.25, 0.3) is 5.91 Å². The summed E-state index contributed by atoms with van der Waals surface area (Å²) in [4.78, 5) is 44.4. The van der Waals surface area contributed by atoms with Gasteiger partial charge in [-0.15, -0.1) is 0 Å². The number of piperidine rings is 1. The molecule has 0 aromatic heterocycles. The number of benzene rings is 1. The molecule has 3 unspecified atom stereocenters. The van der Waals surface area contributed by atoms with Crippen LogP contribution in [0.5, 0.6) is 0 Å². The quantitative estimate of drug-likeness (QED) is 0.339. The monoisotopic (exact) mass is 522 g/mol. The maximum Gasteiger partial charge on any atom is 0.292 e. The molecule has 8 nitrogen and oxygen atoms in total. The van der Waals surface area contributed by atoms with Gasteiger partial charge < -0.3 is 24.0 Å². The second-order valence-electron chi connectivity index (χ2n) is 10.3. The van der Waals surface area contributed by atoms with Crippen LogP contribution in [0, 0.1) is 5.41 Å². The Labute approximate surface area is 224 Å². The van der Waals surface area contributed by atoms with Crippen LogP contribution in [0.4, 0.5) is 0 Å². The van der Waals surface area contributed by atoms with Gasteiger partial charge in [0.05, 0.1) is 32.8 Å². The summed E-state index contributed by atoms with van der Waals surface area (Å²) in [5.74, 6) is -0.178. The first kappa shape index (κ1) is 27.5. The van der Waals surface area contributed by atoms with Crippen molar-refractivity contribution >= 4 is 17.6 Å². The van der Waals surface area contributed by atoms with Crippen LogP contribution in [0.3, 0.4) is 0 Å². The summed E-state index contributed by atoms with van der Waals surface area (Å²) in [5, 5.41) is 0. The summed E-state index contributed by atoms with van der Waals surface area (Å²) in [7, 11) is 4.48. The molecule has 0 spiro atoms. The van der Waals surface area contributed by atoms with Crippen LogP contribution in [-0.2, 0) is 35.0 Å². The van der Waals surface area contributed by atoms with Gasteiger partial charge in [-0.2, -0.15) is 0 Å². The molecular weight excluding hydrogens is 484 g/mol. The summed E-state index contributed by atoms with van der Waals surface area (Å²) < 4.78 is 16.3. The van der Waals surface area contributed by atoms with Gasteiger partial charge in [0, 0.05) is 19.2 Å². The SMILES string of the molecule is COC1=CC(C)(C(=O)C(=O)N2C3C=CN(CCCCc4ccccc4)C(=O)C2CCC3)CC(OC)=C1OC. The average Bonchev–Trinajstić information content (AvgIpc) is 3.02. The Kier molecular flexibility index (Phi) is 8.59. The number of rotatable bonds is 10. The number of hydrogen-bond donors (Lipinski definition) is 0. The number of nitrogens with zero attached hydrogens (tertiary/aromatic N) is 2. The number of amides is 2. The number of carbonyl (C=O) groups excluding carboxylic acids is 3. The molecule has 1 fully saturated rings. The van der Waals surface area contributed by atoms with Gasteiger partial charge >= 0.3 is 0 Å². The Morgan fingerprint density at radius 1 is 1.03 bits per heavy atom. The second-order valence-corrected chi connectivity index (χ2v) is 10.3. The summed E-state index contributed by atoms with van der Waals surface area (Å²) in [6.07, 6.45) is 10.4. The van der Waals surface area contributed by atoms with Gasteiger partial charge in [0.1, 0.15) is 11.8 Å². The van der Waals surface area contributed by atoms with E-state index >= 15 is 0 Å². The van der Waals surface area contributed by atoms with E-state index in [4.69, 9.17) is 14.2 Å². The number of allylic oxidation sites excluding steroid dienone is 2. The minimum Gasteiger partial charge on any atom is -0.497 e. The van der Waals surface area contributed by atoms with Crippen LogP contribution >= 0.6 is 0 Å². The van der Waals surface area contributed by atoms with Crippen molar-refractivity contribution in [2.45, 2.75) is 64.0 Å². The van der Waals surface area contributed by atoms with Crippen LogP contribution in [-0.4, -0.2) is 67.4 Å². The molecule has 8 heteroatoms. The number of fused-ring (bicyclic) bond motifs is 2. The lowest BCUT2D eigenvalue weighted by Gasteiger charge is -2.40. The zero-order chi connectivity index (χ0) is 27.3. The van der Waals surface area contributed by atoms with Crippen molar-refractivity contribution < 1.29 is 28.6 Å². The van der Waals surface area contributed by atoms with E-state index < -0.39 is 23.1 Å². The average molecular weight is 523 g/mol. The predicted octanol–water partition coefficient (Wildman–Crippen LogP) is 4.13. The Balaban J connectivity index is 1.48. The van der Waals surface area contributed by atoms with E-state index in [9.17, 15) is 14.4 Å². The molecule has 0 saturated carbocycles. The molecule has 38 heavy (non-hydrogen) atoms. The molecule has 204 valence electrons. The zero-order valence-electron chi connectivity index (χ0n) is 22.8. The van der Waals surface area contributed by atoms with Crippen molar-refractivity contribution in [1.82, 2.24) is 9.80 Å². The van der Waals surface area contributed by atoms with E-state index in [1.165, 1.54) is 31.8 Å². The second kappa shape index (κ2) is 11.9. The van der Waals surface area contributed by atoms with Gasteiger partial charge in [-0.3, -0.25) is 14.4 Å². The molecular formula is C30H38N2O6. The molecule has 1 aliphatic carbocycles. The largest absolute Gasteiger partial charge is 0.497 e.